The van der Waals surface area contributed by atoms with Crippen molar-refractivity contribution in [2.24, 2.45) is 5.92 Å². The molecule has 1 amide bonds. The first-order valence-electron chi connectivity index (χ1n) is 10.5. The molecule has 0 saturated carbocycles. The van der Waals surface area contributed by atoms with Crippen LogP contribution in [0, 0.1) is 5.92 Å². The predicted octanol–water partition coefficient (Wildman–Crippen LogP) is 3.11. The smallest absolute Gasteiger partial charge is 0.243 e. The van der Waals surface area contributed by atoms with Gasteiger partial charge < -0.3 is 9.64 Å². The van der Waals surface area contributed by atoms with E-state index in [-0.39, 0.29) is 29.2 Å². The highest BCUT2D eigenvalue weighted by atomic mass is 32.2. The number of hydrogen-bond donors (Lipinski definition) is 0. The van der Waals surface area contributed by atoms with Crippen LogP contribution in [-0.4, -0.2) is 56.8 Å². The quantitative estimate of drug-likeness (QED) is 0.734. The minimum atomic E-state index is -3.69. The maximum absolute atomic E-state index is 13.4. The summed E-state index contributed by atoms with van der Waals surface area (Å²) in [5.41, 5.74) is 1.01. The van der Waals surface area contributed by atoms with Gasteiger partial charge in [0, 0.05) is 32.1 Å². The fourth-order valence-electron chi connectivity index (χ4n) is 4.50. The third kappa shape index (κ3) is 4.09. The first kappa shape index (κ1) is 20.9. The fourth-order valence-corrected chi connectivity index (χ4v) is 5.99. The number of piperidine rings is 1. The van der Waals surface area contributed by atoms with Gasteiger partial charge in [0.05, 0.1) is 17.9 Å². The molecule has 2 fully saturated rings. The van der Waals surface area contributed by atoms with Gasteiger partial charge in [-0.05, 0) is 49.1 Å². The van der Waals surface area contributed by atoms with E-state index >= 15 is 0 Å². The molecular formula is C23H28N2O4S. The van der Waals surface area contributed by atoms with Crippen LogP contribution in [0.1, 0.15) is 30.7 Å². The number of sulfonamides is 1. The van der Waals surface area contributed by atoms with Gasteiger partial charge >= 0.3 is 0 Å². The number of likely N-dealkylation sites (tertiary alicyclic amines) is 1. The Bertz CT molecular complexity index is 970. The van der Waals surface area contributed by atoms with Crippen LogP contribution in [0.15, 0.2) is 59.5 Å². The van der Waals surface area contributed by atoms with Crippen molar-refractivity contribution in [3.05, 3.63) is 60.2 Å². The molecule has 2 aromatic carbocycles. The van der Waals surface area contributed by atoms with Crippen molar-refractivity contribution in [3.8, 4) is 5.75 Å². The molecule has 0 bridgehead atoms. The number of hydrogen-bond acceptors (Lipinski definition) is 4. The van der Waals surface area contributed by atoms with Crippen LogP contribution in [0.2, 0.25) is 0 Å². The molecule has 2 atom stereocenters. The van der Waals surface area contributed by atoms with Gasteiger partial charge in [-0.15, -0.1) is 0 Å². The van der Waals surface area contributed by atoms with Crippen LogP contribution >= 0.6 is 0 Å². The number of nitrogens with zero attached hydrogens (tertiary/aromatic N) is 2. The average Bonchev–Trinajstić information content (AvgIpc) is 3.26. The second-order valence-corrected chi connectivity index (χ2v) is 9.95. The molecule has 0 radical (unpaired) electrons. The van der Waals surface area contributed by atoms with E-state index in [1.54, 1.807) is 31.4 Å². The van der Waals surface area contributed by atoms with Crippen molar-refractivity contribution < 1.29 is 17.9 Å². The molecule has 2 aliphatic heterocycles. The van der Waals surface area contributed by atoms with Gasteiger partial charge in [0.25, 0.3) is 0 Å². The Morgan fingerprint density at radius 2 is 1.60 bits per heavy atom. The Hall–Kier alpha value is -2.38. The Morgan fingerprint density at radius 1 is 0.933 bits per heavy atom. The zero-order chi connectivity index (χ0) is 21.1. The number of benzene rings is 2. The van der Waals surface area contributed by atoms with Crippen LogP contribution < -0.4 is 4.74 Å². The maximum atomic E-state index is 13.4. The first-order valence-corrected chi connectivity index (χ1v) is 11.9. The Kier molecular flexibility index (Phi) is 6.11. The van der Waals surface area contributed by atoms with Crippen molar-refractivity contribution in [3.63, 3.8) is 0 Å². The summed E-state index contributed by atoms with van der Waals surface area (Å²) in [6.07, 6.45) is 3.18. The van der Waals surface area contributed by atoms with Crippen molar-refractivity contribution in [1.29, 1.82) is 0 Å². The number of carbonyl (C=O) groups is 1. The number of ether oxygens (including phenoxy) is 1. The molecule has 2 unspecified atom stereocenters. The Labute approximate surface area is 178 Å². The molecule has 2 aliphatic rings. The normalized spacial score (nSPS) is 22.8. The SMILES string of the molecule is COc1ccc(S(=O)(=O)N2CC(C(=O)N3CCCCC3)C(c3ccccc3)C2)cc1. The third-order valence-electron chi connectivity index (χ3n) is 6.20. The van der Waals surface area contributed by atoms with Crippen molar-refractivity contribution in [2.45, 2.75) is 30.1 Å². The lowest BCUT2D eigenvalue weighted by molar-refractivity contribution is -0.136. The molecule has 6 nitrogen and oxygen atoms in total. The lowest BCUT2D eigenvalue weighted by atomic mass is 9.87. The van der Waals surface area contributed by atoms with Crippen LogP contribution in [0.25, 0.3) is 0 Å². The summed E-state index contributed by atoms with van der Waals surface area (Å²) in [5.74, 6) is 0.179. The number of methoxy groups -OCH3 is 1. The summed E-state index contributed by atoms with van der Waals surface area (Å²) in [7, 11) is -2.15. The summed E-state index contributed by atoms with van der Waals surface area (Å²) in [5, 5.41) is 0. The van der Waals surface area contributed by atoms with Crippen LogP contribution in [-0.2, 0) is 14.8 Å². The lowest BCUT2D eigenvalue weighted by Crippen LogP contribution is -2.42. The molecule has 2 aromatic rings. The van der Waals surface area contributed by atoms with E-state index in [4.69, 9.17) is 4.74 Å². The molecule has 30 heavy (non-hydrogen) atoms. The first-order chi connectivity index (χ1) is 14.5. The second-order valence-electron chi connectivity index (χ2n) is 8.01. The highest BCUT2D eigenvalue weighted by molar-refractivity contribution is 7.89. The predicted molar refractivity (Wildman–Crippen MR) is 115 cm³/mol. The van der Waals surface area contributed by atoms with Gasteiger partial charge in [0.15, 0.2) is 0 Å². The zero-order valence-electron chi connectivity index (χ0n) is 17.2. The van der Waals surface area contributed by atoms with Crippen LogP contribution in [0.5, 0.6) is 5.75 Å². The van der Waals surface area contributed by atoms with Gasteiger partial charge in [-0.1, -0.05) is 30.3 Å². The molecule has 0 spiro atoms. The molecule has 0 N–H and O–H groups in total. The van der Waals surface area contributed by atoms with Gasteiger partial charge in [0.1, 0.15) is 5.75 Å². The van der Waals surface area contributed by atoms with Gasteiger partial charge in [0.2, 0.25) is 15.9 Å². The van der Waals surface area contributed by atoms with Crippen molar-refractivity contribution in [1.82, 2.24) is 9.21 Å². The largest absolute Gasteiger partial charge is 0.497 e. The number of carbonyl (C=O) groups excluding carboxylic acids is 1. The van der Waals surface area contributed by atoms with Gasteiger partial charge in [-0.2, -0.15) is 4.31 Å². The summed E-state index contributed by atoms with van der Waals surface area (Å²) in [6, 6.07) is 16.2. The summed E-state index contributed by atoms with van der Waals surface area (Å²) in [6.45, 7) is 2.05. The van der Waals surface area contributed by atoms with Crippen molar-refractivity contribution >= 4 is 15.9 Å². The molecule has 160 valence electrons. The lowest BCUT2D eigenvalue weighted by Gasteiger charge is -2.31. The monoisotopic (exact) mass is 428 g/mol. The molecule has 4 rings (SSSR count). The van der Waals surface area contributed by atoms with E-state index in [9.17, 15) is 13.2 Å². The Balaban J connectivity index is 1.63. The topological polar surface area (TPSA) is 66.9 Å². The summed E-state index contributed by atoms with van der Waals surface area (Å²) < 4.78 is 33.2. The molecule has 0 aromatic heterocycles. The summed E-state index contributed by atoms with van der Waals surface area (Å²) >= 11 is 0. The molecule has 2 heterocycles. The minimum absolute atomic E-state index is 0.0796. The Morgan fingerprint density at radius 3 is 2.23 bits per heavy atom. The van der Waals surface area contributed by atoms with E-state index in [1.165, 1.54) is 4.31 Å². The van der Waals surface area contributed by atoms with E-state index in [0.29, 0.717) is 12.3 Å². The molecule has 7 heteroatoms. The minimum Gasteiger partial charge on any atom is -0.497 e. The molecular weight excluding hydrogens is 400 g/mol. The third-order valence-corrected chi connectivity index (χ3v) is 8.04. The van der Waals surface area contributed by atoms with E-state index in [0.717, 1.165) is 37.9 Å². The highest BCUT2D eigenvalue weighted by Gasteiger charge is 2.44. The maximum Gasteiger partial charge on any atom is 0.243 e. The number of rotatable bonds is 5. The fraction of sp³-hybridized carbons (Fsp3) is 0.435. The second kappa shape index (κ2) is 8.78. The van der Waals surface area contributed by atoms with E-state index in [2.05, 4.69) is 0 Å². The summed E-state index contributed by atoms with van der Waals surface area (Å²) in [4.78, 5) is 15.5. The zero-order valence-corrected chi connectivity index (χ0v) is 18.1. The van der Waals surface area contributed by atoms with E-state index in [1.807, 2.05) is 35.2 Å². The highest BCUT2D eigenvalue weighted by Crippen LogP contribution is 2.37. The number of amides is 1. The molecule has 2 saturated heterocycles. The van der Waals surface area contributed by atoms with Gasteiger partial charge in [-0.3, -0.25) is 4.79 Å². The van der Waals surface area contributed by atoms with E-state index < -0.39 is 10.0 Å². The molecule has 0 aliphatic carbocycles. The standard InChI is InChI=1S/C23H28N2O4S/c1-29-19-10-12-20(13-11-19)30(27,28)25-16-21(18-8-4-2-5-9-18)22(17-25)23(26)24-14-6-3-7-15-24/h2,4-5,8-13,21-22H,3,6-7,14-17H2,1H3. The average molecular weight is 429 g/mol. The van der Waals surface area contributed by atoms with Crippen molar-refractivity contribution in [2.75, 3.05) is 33.3 Å². The van der Waals surface area contributed by atoms with Gasteiger partial charge in [-0.25, -0.2) is 8.42 Å². The van der Waals surface area contributed by atoms with Crippen LogP contribution in [0.3, 0.4) is 0 Å². The van der Waals surface area contributed by atoms with Crippen LogP contribution in [0.4, 0.5) is 0 Å².